The highest BCUT2D eigenvalue weighted by molar-refractivity contribution is 6.19. The summed E-state index contributed by atoms with van der Waals surface area (Å²) in [5, 5.41) is 0. The van der Waals surface area contributed by atoms with E-state index in [-0.39, 0.29) is 42.0 Å². The fourth-order valence-corrected chi connectivity index (χ4v) is 5.67. The van der Waals surface area contributed by atoms with Crippen LogP contribution in [0.4, 0.5) is 4.79 Å². The topological polar surface area (TPSA) is 116 Å². The largest absolute Gasteiger partial charge is 0.372 e. The van der Waals surface area contributed by atoms with Crippen LogP contribution in [0.25, 0.3) is 0 Å². The van der Waals surface area contributed by atoms with E-state index in [4.69, 9.17) is 16.2 Å². The lowest BCUT2D eigenvalue weighted by Crippen LogP contribution is -2.62. The predicted molar refractivity (Wildman–Crippen MR) is 111 cm³/mol. The molecule has 3 unspecified atom stereocenters. The van der Waals surface area contributed by atoms with Crippen LogP contribution in [-0.2, 0) is 20.9 Å². The van der Waals surface area contributed by atoms with Crippen LogP contribution < -0.4 is 11.5 Å². The van der Waals surface area contributed by atoms with Crippen molar-refractivity contribution in [3.05, 3.63) is 35.9 Å². The molecule has 162 valence electrons. The number of Topliss-reactive ketones (excluding diaryl/α,β-unsaturated/α-hetero) is 2. The van der Waals surface area contributed by atoms with Gasteiger partial charge in [-0.2, -0.15) is 0 Å². The van der Waals surface area contributed by atoms with Crippen LogP contribution in [0.1, 0.15) is 50.5 Å². The first-order valence-corrected chi connectivity index (χ1v) is 11.0. The molecule has 1 aromatic rings. The molecule has 30 heavy (non-hydrogen) atoms. The number of nitrogens with zero attached hydrogens (tertiary/aromatic N) is 1. The van der Waals surface area contributed by atoms with Gasteiger partial charge in [0.2, 0.25) is 0 Å². The van der Waals surface area contributed by atoms with Crippen LogP contribution in [0.5, 0.6) is 0 Å². The van der Waals surface area contributed by atoms with E-state index in [1.54, 1.807) is 0 Å². The van der Waals surface area contributed by atoms with Crippen molar-refractivity contribution in [2.24, 2.45) is 23.3 Å². The molecule has 7 heteroatoms. The molecular weight excluding hydrogens is 382 g/mol. The van der Waals surface area contributed by atoms with Gasteiger partial charge in [0.05, 0.1) is 12.7 Å². The van der Waals surface area contributed by atoms with Crippen molar-refractivity contribution >= 4 is 17.6 Å². The average Bonchev–Trinajstić information content (AvgIpc) is 3.20. The third-order valence-electron chi connectivity index (χ3n) is 7.14. The van der Waals surface area contributed by atoms with Gasteiger partial charge in [-0.15, -0.1) is 0 Å². The van der Waals surface area contributed by atoms with Crippen LogP contribution >= 0.6 is 0 Å². The normalized spacial score (nSPS) is 34.1. The number of hydrogen-bond donors (Lipinski definition) is 2. The zero-order chi connectivity index (χ0) is 21.3. The molecule has 1 spiro atoms. The van der Waals surface area contributed by atoms with Gasteiger partial charge in [-0.25, -0.2) is 4.79 Å². The summed E-state index contributed by atoms with van der Waals surface area (Å²) in [4.78, 5) is 39.5. The Bertz CT molecular complexity index is 814. The Balaban J connectivity index is 1.38. The Morgan fingerprint density at radius 1 is 1.17 bits per heavy atom. The minimum atomic E-state index is -1.32. The molecule has 5 atom stereocenters. The minimum Gasteiger partial charge on any atom is -0.372 e. The highest BCUT2D eigenvalue weighted by atomic mass is 16.5. The third-order valence-corrected chi connectivity index (χ3v) is 7.14. The second-order valence-electron chi connectivity index (χ2n) is 9.07. The maximum Gasteiger partial charge on any atom is 0.315 e. The second kappa shape index (κ2) is 8.47. The summed E-state index contributed by atoms with van der Waals surface area (Å²) in [6.45, 7) is 0.896. The number of rotatable bonds is 5. The Labute approximate surface area is 177 Å². The molecule has 1 heterocycles. The number of carbonyl (C=O) groups is 3. The maximum atomic E-state index is 13.3. The number of ether oxygens (including phenoxy) is 1. The van der Waals surface area contributed by atoms with Crippen molar-refractivity contribution in [1.82, 2.24) is 4.90 Å². The SMILES string of the molecule is NC(=O)N1CCCC[C@]12C(=O)CC(CC1CC(OCc3ccccc3)[C@@H](N)C1)C2=O. The van der Waals surface area contributed by atoms with Crippen molar-refractivity contribution in [3.63, 3.8) is 0 Å². The quantitative estimate of drug-likeness (QED) is 0.718. The van der Waals surface area contributed by atoms with E-state index in [9.17, 15) is 14.4 Å². The summed E-state index contributed by atoms with van der Waals surface area (Å²) in [6, 6.07) is 9.24. The molecule has 0 radical (unpaired) electrons. The van der Waals surface area contributed by atoms with E-state index in [1.807, 2.05) is 30.3 Å². The fraction of sp³-hybridized carbons (Fsp3) is 0.609. The van der Waals surface area contributed by atoms with E-state index in [2.05, 4.69) is 0 Å². The number of benzene rings is 1. The van der Waals surface area contributed by atoms with E-state index < -0.39 is 11.6 Å². The van der Waals surface area contributed by atoms with Crippen molar-refractivity contribution in [3.8, 4) is 0 Å². The van der Waals surface area contributed by atoms with Gasteiger partial charge in [0.25, 0.3) is 0 Å². The van der Waals surface area contributed by atoms with Gasteiger partial charge >= 0.3 is 6.03 Å². The first kappa shape index (κ1) is 21.0. The predicted octanol–water partition coefficient (Wildman–Crippen LogP) is 2.16. The van der Waals surface area contributed by atoms with Crippen molar-refractivity contribution in [2.45, 2.75) is 69.2 Å². The Morgan fingerprint density at radius 3 is 2.67 bits per heavy atom. The summed E-state index contributed by atoms with van der Waals surface area (Å²) in [7, 11) is 0. The molecule has 7 nitrogen and oxygen atoms in total. The highest BCUT2D eigenvalue weighted by Crippen LogP contribution is 2.43. The van der Waals surface area contributed by atoms with E-state index in [0.29, 0.717) is 26.0 Å². The summed E-state index contributed by atoms with van der Waals surface area (Å²) >= 11 is 0. The smallest absolute Gasteiger partial charge is 0.315 e. The number of amides is 2. The van der Waals surface area contributed by atoms with Crippen molar-refractivity contribution in [2.75, 3.05) is 6.54 Å². The number of likely N-dealkylation sites (tertiary alicyclic amines) is 1. The van der Waals surface area contributed by atoms with Gasteiger partial charge < -0.3 is 21.1 Å². The van der Waals surface area contributed by atoms with Crippen LogP contribution in [-0.4, -0.2) is 46.7 Å². The third kappa shape index (κ3) is 3.76. The number of piperidine rings is 1. The monoisotopic (exact) mass is 413 g/mol. The molecule has 1 saturated heterocycles. The zero-order valence-corrected chi connectivity index (χ0v) is 17.3. The molecule has 3 aliphatic rings. The molecule has 1 aliphatic heterocycles. The van der Waals surface area contributed by atoms with Gasteiger partial charge in [-0.3, -0.25) is 9.59 Å². The highest BCUT2D eigenvalue weighted by Gasteiger charge is 2.59. The first-order valence-electron chi connectivity index (χ1n) is 11.0. The van der Waals surface area contributed by atoms with Crippen LogP contribution in [0.15, 0.2) is 30.3 Å². The van der Waals surface area contributed by atoms with E-state index in [1.165, 1.54) is 4.90 Å². The number of urea groups is 1. The molecule has 0 bridgehead atoms. The Hall–Kier alpha value is -2.25. The molecule has 0 aromatic heterocycles. The maximum absolute atomic E-state index is 13.3. The molecule has 4 N–H and O–H groups in total. The summed E-state index contributed by atoms with van der Waals surface area (Å²) < 4.78 is 6.06. The lowest BCUT2D eigenvalue weighted by molar-refractivity contribution is -0.139. The fourth-order valence-electron chi connectivity index (χ4n) is 5.67. The van der Waals surface area contributed by atoms with Gasteiger partial charge in [0.1, 0.15) is 0 Å². The van der Waals surface area contributed by atoms with Crippen LogP contribution in [0.2, 0.25) is 0 Å². The number of primary amides is 1. The van der Waals surface area contributed by atoms with Crippen LogP contribution in [0, 0.1) is 11.8 Å². The first-order chi connectivity index (χ1) is 14.4. The summed E-state index contributed by atoms with van der Waals surface area (Å²) in [5.74, 6) is -0.380. The lowest BCUT2D eigenvalue weighted by Gasteiger charge is -2.41. The Morgan fingerprint density at radius 2 is 1.93 bits per heavy atom. The molecule has 4 rings (SSSR count). The molecule has 2 amide bonds. The van der Waals surface area contributed by atoms with Gasteiger partial charge in [-0.1, -0.05) is 30.3 Å². The van der Waals surface area contributed by atoms with E-state index >= 15 is 0 Å². The molecular formula is C23H31N3O4. The van der Waals surface area contributed by atoms with E-state index in [0.717, 1.165) is 31.2 Å². The van der Waals surface area contributed by atoms with Gasteiger partial charge in [0, 0.05) is 24.9 Å². The summed E-state index contributed by atoms with van der Waals surface area (Å²) in [6.07, 6.45) is 4.28. The number of ketones is 2. The Kier molecular flexibility index (Phi) is 5.93. The molecule has 3 fully saturated rings. The minimum absolute atomic E-state index is 0.0480. The number of carbonyl (C=O) groups excluding carboxylic acids is 3. The van der Waals surface area contributed by atoms with Crippen LogP contribution in [0.3, 0.4) is 0 Å². The van der Waals surface area contributed by atoms with Crippen molar-refractivity contribution in [1.29, 1.82) is 0 Å². The molecule has 2 aliphatic carbocycles. The van der Waals surface area contributed by atoms with Gasteiger partial charge in [0.15, 0.2) is 17.1 Å². The average molecular weight is 414 g/mol. The second-order valence-corrected chi connectivity index (χ2v) is 9.07. The molecule has 2 saturated carbocycles. The lowest BCUT2D eigenvalue weighted by atomic mass is 9.81. The zero-order valence-electron chi connectivity index (χ0n) is 17.3. The summed E-state index contributed by atoms with van der Waals surface area (Å²) in [5.41, 5.74) is 11.6. The van der Waals surface area contributed by atoms with Crippen molar-refractivity contribution < 1.29 is 19.1 Å². The standard InChI is InChI=1S/C23H31N3O4/c24-18-11-16(12-19(18)30-14-15-6-2-1-3-7-15)10-17-13-20(27)23(21(17)28)8-4-5-9-26(23)22(25)29/h1-3,6-7,16-19H,4-5,8-14,24H2,(H2,25,29)/t16?,17?,18-,19?,23+/m0/s1. The number of hydrogen-bond acceptors (Lipinski definition) is 5. The van der Waals surface area contributed by atoms with Gasteiger partial charge in [-0.05, 0) is 50.0 Å². The molecule has 1 aromatic carbocycles. The number of nitrogens with two attached hydrogens (primary N) is 2.